The van der Waals surface area contributed by atoms with Gasteiger partial charge in [-0.3, -0.25) is 4.79 Å². The number of carbonyl (C=O) groups excluding carboxylic acids is 1. The van der Waals surface area contributed by atoms with Gasteiger partial charge in [0.1, 0.15) is 49.3 Å². The Bertz CT molecular complexity index is 351. The van der Waals surface area contributed by atoms with Crippen molar-refractivity contribution in [3.63, 3.8) is 0 Å². The Morgan fingerprint density at radius 3 is 1.91 bits per heavy atom. The number of hydrogen-bond acceptors (Lipinski definition) is 10. The van der Waals surface area contributed by atoms with Gasteiger partial charge in [-0.1, -0.05) is 0 Å². The topological polar surface area (TPSA) is 177 Å². The van der Waals surface area contributed by atoms with E-state index in [1.807, 2.05) is 0 Å². The Hall–Kier alpha value is -0.690. The third kappa shape index (κ3) is 4.65. The van der Waals surface area contributed by atoms with Gasteiger partial charge in [-0.25, -0.2) is 0 Å². The van der Waals surface area contributed by atoms with Crippen molar-refractivity contribution in [3.8, 4) is 0 Å². The lowest BCUT2D eigenvalue weighted by molar-refractivity contribution is -0.124. The molecule has 2 heterocycles. The van der Waals surface area contributed by atoms with Gasteiger partial charge in [-0.15, -0.1) is 0 Å². The zero-order chi connectivity index (χ0) is 16.9. The zero-order valence-electron chi connectivity index (χ0n) is 11.7. The fraction of sp³-hybridized carbons (Fsp3) is 0.917. The molecule has 2 fully saturated rings. The van der Waals surface area contributed by atoms with Gasteiger partial charge in [-0.2, -0.15) is 0 Å². The van der Waals surface area contributed by atoms with Gasteiger partial charge in [-0.05, 0) is 0 Å². The minimum atomic E-state index is -1.29. The minimum Gasteiger partial charge on any atom is -0.394 e. The van der Waals surface area contributed by atoms with Crippen molar-refractivity contribution in [2.45, 2.75) is 42.7 Å². The smallest absolute Gasteiger partial charge is 0.189 e. The molecule has 0 aromatic rings. The van der Waals surface area contributed by atoms with Crippen LogP contribution in [0.15, 0.2) is 0 Å². The molecule has 2 rings (SSSR count). The normalized spacial score (nSPS) is 37.6. The average molecular weight is 326 g/mol. The van der Waals surface area contributed by atoms with Gasteiger partial charge in [0.2, 0.25) is 0 Å². The standard InChI is InChI=1S/C6H12O5.C6H10O5/c2*7-1-3(8)6-5(10)4(9)2-11-6/h3-10H,1-2H2;3,5-8,10H,1-2H2/t3-,4+,5-,6-;3-,5+,6+/m11/s1. The van der Waals surface area contributed by atoms with Crippen LogP contribution in [0.5, 0.6) is 0 Å². The molecule has 0 unspecified atom stereocenters. The lowest BCUT2D eigenvalue weighted by atomic mass is 10.1. The molecule has 0 aromatic carbocycles. The highest BCUT2D eigenvalue weighted by Crippen LogP contribution is 2.17. The fourth-order valence-corrected chi connectivity index (χ4v) is 2.03. The van der Waals surface area contributed by atoms with Crippen LogP contribution in [-0.4, -0.2) is 111 Å². The molecule has 10 heteroatoms. The first-order valence-corrected chi connectivity index (χ1v) is 6.71. The van der Waals surface area contributed by atoms with Crippen LogP contribution in [0, 0.1) is 0 Å². The molecule has 2 saturated heterocycles. The van der Waals surface area contributed by atoms with Gasteiger partial charge in [0.25, 0.3) is 0 Å². The van der Waals surface area contributed by atoms with Gasteiger partial charge < -0.3 is 45.2 Å². The maximum atomic E-state index is 10.6. The second-order valence-corrected chi connectivity index (χ2v) is 5.04. The van der Waals surface area contributed by atoms with E-state index in [1.165, 1.54) is 0 Å². The summed E-state index contributed by atoms with van der Waals surface area (Å²) in [5.74, 6) is -0.456. The Labute approximate surface area is 126 Å². The van der Waals surface area contributed by atoms with Crippen LogP contribution in [0.3, 0.4) is 0 Å². The third-order valence-corrected chi connectivity index (χ3v) is 3.38. The Morgan fingerprint density at radius 2 is 1.55 bits per heavy atom. The summed E-state index contributed by atoms with van der Waals surface area (Å²) >= 11 is 0. The molecule has 2 aliphatic rings. The highest BCUT2D eigenvalue weighted by molar-refractivity contribution is 5.86. The SMILES string of the molecule is O=C1CO[C@@H]([C@H](O)CO)[C@H]1O.OC[C@@H](O)[C@H]1OC[C@H](O)[C@H]1O. The number of Topliss-reactive ketones (excluding diaryl/α,β-unsaturated/α-hetero) is 1. The third-order valence-electron chi connectivity index (χ3n) is 3.38. The van der Waals surface area contributed by atoms with E-state index in [1.54, 1.807) is 0 Å². The monoisotopic (exact) mass is 326 g/mol. The molecule has 7 atom stereocenters. The Kier molecular flexibility index (Phi) is 7.76. The van der Waals surface area contributed by atoms with Crippen LogP contribution in [0.4, 0.5) is 0 Å². The minimum absolute atomic E-state index is 0.00287. The number of carbonyl (C=O) groups is 1. The molecule has 0 aliphatic carbocycles. The summed E-state index contributed by atoms with van der Waals surface area (Å²) < 4.78 is 9.54. The molecule has 2 aliphatic heterocycles. The van der Waals surface area contributed by atoms with Crippen molar-refractivity contribution in [2.24, 2.45) is 0 Å². The molecular formula is C12H22O10. The molecule has 7 N–H and O–H groups in total. The first kappa shape index (κ1) is 19.4. The van der Waals surface area contributed by atoms with Crippen molar-refractivity contribution in [2.75, 3.05) is 26.4 Å². The molecule has 0 aromatic heterocycles. The molecule has 0 amide bonds. The van der Waals surface area contributed by atoms with Crippen molar-refractivity contribution < 1.29 is 50.0 Å². The predicted molar refractivity (Wildman–Crippen MR) is 68.7 cm³/mol. The summed E-state index contributed by atoms with van der Waals surface area (Å²) in [6, 6.07) is 0. The average Bonchev–Trinajstić information content (AvgIpc) is 3.02. The number of ether oxygens (including phenoxy) is 2. The Morgan fingerprint density at radius 1 is 1.00 bits per heavy atom. The number of hydrogen-bond donors (Lipinski definition) is 7. The summed E-state index contributed by atoms with van der Waals surface area (Å²) in [4.78, 5) is 10.6. The molecule has 10 nitrogen and oxygen atoms in total. The number of ketones is 1. The van der Waals surface area contributed by atoms with Crippen molar-refractivity contribution in [1.82, 2.24) is 0 Å². The lowest BCUT2D eigenvalue weighted by Crippen LogP contribution is -2.40. The summed E-state index contributed by atoms with van der Waals surface area (Å²) in [5, 5.41) is 62.0. The molecule has 0 bridgehead atoms. The van der Waals surface area contributed by atoms with Crippen LogP contribution in [-0.2, 0) is 14.3 Å². The summed E-state index contributed by atoms with van der Waals surface area (Å²) in [7, 11) is 0. The maximum Gasteiger partial charge on any atom is 0.189 e. The molecule has 0 spiro atoms. The highest BCUT2D eigenvalue weighted by Gasteiger charge is 2.39. The molecule has 22 heavy (non-hydrogen) atoms. The van der Waals surface area contributed by atoms with E-state index in [-0.39, 0.29) is 13.2 Å². The van der Waals surface area contributed by atoms with Crippen molar-refractivity contribution >= 4 is 5.78 Å². The first-order chi connectivity index (χ1) is 10.3. The number of aliphatic hydroxyl groups is 7. The van der Waals surface area contributed by atoms with Gasteiger partial charge >= 0.3 is 0 Å². The van der Waals surface area contributed by atoms with Gasteiger partial charge in [0.05, 0.1) is 19.8 Å². The van der Waals surface area contributed by atoms with Crippen LogP contribution < -0.4 is 0 Å². The number of aliphatic hydroxyl groups excluding tert-OH is 7. The summed E-state index contributed by atoms with van der Waals surface area (Å²) in [6.45, 7) is -1.19. The van der Waals surface area contributed by atoms with E-state index in [2.05, 4.69) is 0 Å². The first-order valence-electron chi connectivity index (χ1n) is 6.71. The van der Waals surface area contributed by atoms with E-state index in [0.29, 0.717) is 0 Å². The molecule has 0 saturated carbocycles. The van der Waals surface area contributed by atoms with E-state index in [4.69, 9.17) is 45.2 Å². The predicted octanol–water partition coefficient (Wildman–Crippen LogP) is -4.87. The number of rotatable bonds is 4. The Balaban J connectivity index is 0.000000220. The second-order valence-electron chi connectivity index (χ2n) is 5.04. The summed E-state index contributed by atoms with van der Waals surface area (Å²) in [5.41, 5.74) is 0. The maximum absolute atomic E-state index is 10.6. The molecule has 0 radical (unpaired) electrons. The van der Waals surface area contributed by atoms with Crippen LogP contribution in [0.1, 0.15) is 0 Å². The van der Waals surface area contributed by atoms with E-state index in [0.717, 1.165) is 0 Å². The van der Waals surface area contributed by atoms with Crippen LogP contribution in [0.25, 0.3) is 0 Å². The fourth-order valence-electron chi connectivity index (χ4n) is 2.03. The van der Waals surface area contributed by atoms with Crippen molar-refractivity contribution in [3.05, 3.63) is 0 Å². The zero-order valence-corrected chi connectivity index (χ0v) is 11.7. The van der Waals surface area contributed by atoms with E-state index >= 15 is 0 Å². The quantitative estimate of drug-likeness (QED) is 0.265. The van der Waals surface area contributed by atoms with E-state index in [9.17, 15) is 4.79 Å². The van der Waals surface area contributed by atoms with Crippen molar-refractivity contribution in [1.29, 1.82) is 0 Å². The second kappa shape index (κ2) is 8.82. The van der Waals surface area contributed by atoms with Gasteiger partial charge in [0, 0.05) is 0 Å². The summed E-state index contributed by atoms with van der Waals surface area (Å²) in [6.07, 6.45) is -7.49. The largest absolute Gasteiger partial charge is 0.394 e. The van der Waals surface area contributed by atoms with E-state index < -0.39 is 61.7 Å². The molecular weight excluding hydrogens is 304 g/mol. The lowest BCUT2D eigenvalue weighted by Gasteiger charge is -2.18. The van der Waals surface area contributed by atoms with Crippen LogP contribution in [0.2, 0.25) is 0 Å². The van der Waals surface area contributed by atoms with Crippen LogP contribution >= 0.6 is 0 Å². The highest BCUT2D eigenvalue weighted by atomic mass is 16.5. The molecule has 130 valence electrons. The van der Waals surface area contributed by atoms with Gasteiger partial charge in [0.15, 0.2) is 5.78 Å².